The Labute approximate surface area is 197 Å². The molecule has 1 N–H and O–H groups in total. The topological polar surface area (TPSA) is 78.8 Å². The Hall–Kier alpha value is -2.97. The van der Waals surface area contributed by atoms with Gasteiger partial charge in [0, 0.05) is 10.0 Å². The van der Waals surface area contributed by atoms with Gasteiger partial charge in [-0.3, -0.25) is 9.10 Å². The fourth-order valence-electron chi connectivity index (χ4n) is 3.14. The number of rotatable bonds is 7. The second-order valence-electron chi connectivity index (χ2n) is 7.43. The molecule has 0 saturated heterocycles. The summed E-state index contributed by atoms with van der Waals surface area (Å²) in [6, 6.07) is 19.4. The summed E-state index contributed by atoms with van der Waals surface area (Å²) in [5, 5.41) is 3.98. The highest BCUT2D eigenvalue weighted by atomic mass is 79.9. The maximum atomic E-state index is 13.5. The van der Waals surface area contributed by atoms with Crippen LogP contribution < -0.4 is 9.73 Å². The number of carbonyl (C=O) groups excluding carboxylic acids is 1. The van der Waals surface area contributed by atoms with Crippen LogP contribution in [-0.2, 0) is 14.8 Å². The molecule has 166 valence electrons. The first kappa shape index (κ1) is 23.7. The van der Waals surface area contributed by atoms with Crippen LogP contribution in [0.5, 0.6) is 0 Å². The predicted molar refractivity (Wildman–Crippen MR) is 132 cm³/mol. The van der Waals surface area contributed by atoms with Gasteiger partial charge in [-0.25, -0.2) is 13.8 Å². The molecule has 3 rings (SSSR count). The van der Waals surface area contributed by atoms with Crippen molar-refractivity contribution in [2.24, 2.45) is 5.10 Å². The average Bonchev–Trinajstić information content (AvgIpc) is 2.74. The van der Waals surface area contributed by atoms with Crippen LogP contribution in [0.1, 0.15) is 22.3 Å². The fourth-order valence-corrected chi connectivity index (χ4v) is 5.01. The number of aryl methyl sites for hydroxylation is 3. The molecule has 0 radical (unpaired) electrons. The van der Waals surface area contributed by atoms with Gasteiger partial charge >= 0.3 is 0 Å². The Morgan fingerprint density at radius 2 is 1.66 bits per heavy atom. The third-order valence-electron chi connectivity index (χ3n) is 4.82. The van der Waals surface area contributed by atoms with E-state index in [2.05, 4.69) is 26.5 Å². The number of carbonyl (C=O) groups is 1. The lowest BCUT2D eigenvalue weighted by Crippen LogP contribution is -2.40. The summed E-state index contributed by atoms with van der Waals surface area (Å²) in [4.78, 5) is 12.8. The largest absolute Gasteiger partial charge is 0.271 e. The Morgan fingerprint density at radius 3 is 2.31 bits per heavy atom. The monoisotopic (exact) mass is 513 g/mol. The van der Waals surface area contributed by atoms with Crippen LogP contribution in [0.3, 0.4) is 0 Å². The lowest BCUT2D eigenvalue weighted by molar-refractivity contribution is -0.119. The Bertz CT molecular complexity index is 1260. The average molecular weight is 514 g/mol. The number of benzene rings is 3. The lowest BCUT2D eigenvalue weighted by atomic mass is 10.1. The van der Waals surface area contributed by atoms with Crippen molar-refractivity contribution in [3.63, 3.8) is 0 Å². The van der Waals surface area contributed by atoms with E-state index in [9.17, 15) is 13.2 Å². The zero-order valence-electron chi connectivity index (χ0n) is 18.0. The summed E-state index contributed by atoms with van der Waals surface area (Å²) in [5.74, 6) is -0.552. The molecule has 0 aromatic heterocycles. The summed E-state index contributed by atoms with van der Waals surface area (Å²) in [7, 11) is -3.97. The van der Waals surface area contributed by atoms with Gasteiger partial charge in [-0.05, 0) is 50.6 Å². The summed E-state index contributed by atoms with van der Waals surface area (Å²) in [5.41, 5.74) is 6.36. The number of nitrogens with zero attached hydrogens (tertiary/aromatic N) is 2. The van der Waals surface area contributed by atoms with Gasteiger partial charge in [0.2, 0.25) is 0 Å². The van der Waals surface area contributed by atoms with E-state index in [4.69, 9.17) is 0 Å². The molecule has 0 bridgehead atoms. The predicted octanol–water partition coefficient (Wildman–Crippen LogP) is 4.72. The van der Waals surface area contributed by atoms with Crippen LogP contribution in [0.15, 0.2) is 81.2 Å². The van der Waals surface area contributed by atoms with Gasteiger partial charge in [-0.1, -0.05) is 69.5 Å². The van der Waals surface area contributed by atoms with Crippen molar-refractivity contribution in [3.05, 3.63) is 93.5 Å². The quantitative estimate of drug-likeness (QED) is 0.366. The van der Waals surface area contributed by atoms with Crippen molar-refractivity contribution in [3.8, 4) is 0 Å². The second-order valence-corrected chi connectivity index (χ2v) is 10.1. The molecule has 0 aliphatic carbocycles. The van der Waals surface area contributed by atoms with Gasteiger partial charge in [-0.15, -0.1) is 0 Å². The summed E-state index contributed by atoms with van der Waals surface area (Å²) in [6.45, 7) is 5.23. The number of sulfonamides is 1. The van der Waals surface area contributed by atoms with Crippen LogP contribution in [0.25, 0.3) is 0 Å². The molecule has 32 heavy (non-hydrogen) atoms. The van der Waals surface area contributed by atoms with Gasteiger partial charge in [0.05, 0.1) is 16.8 Å². The smallest absolute Gasteiger partial charge is 0.264 e. The number of hydrazone groups is 1. The van der Waals surface area contributed by atoms with E-state index in [-0.39, 0.29) is 4.90 Å². The Morgan fingerprint density at radius 1 is 1.00 bits per heavy atom. The minimum atomic E-state index is -3.97. The Kier molecular flexibility index (Phi) is 7.48. The van der Waals surface area contributed by atoms with Crippen LogP contribution in [0.2, 0.25) is 0 Å². The van der Waals surface area contributed by atoms with Crippen LogP contribution in [0, 0.1) is 20.8 Å². The van der Waals surface area contributed by atoms with E-state index in [0.29, 0.717) is 5.69 Å². The molecule has 0 saturated carbocycles. The van der Waals surface area contributed by atoms with E-state index in [1.54, 1.807) is 30.3 Å². The molecule has 8 heteroatoms. The minimum Gasteiger partial charge on any atom is -0.271 e. The normalized spacial score (nSPS) is 11.5. The molecule has 0 atom stereocenters. The maximum absolute atomic E-state index is 13.5. The number of nitrogens with one attached hydrogen (secondary N) is 1. The lowest BCUT2D eigenvalue weighted by Gasteiger charge is -2.25. The number of anilines is 1. The summed E-state index contributed by atoms with van der Waals surface area (Å²) in [6.07, 6.45) is 1.50. The van der Waals surface area contributed by atoms with Crippen molar-refractivity contribution in [1.29, 1.82) is 0 Å². The molecule has 3 aromatic carbocycles. The van der Waals surface area contributed by atoms with Crippen LogP contribution >= 0.6 is 15.9 Å². The highest BCUT2D eigenvalue weighted by Gasteiger charge is 2.28. The third-order valence-corrected chi connectivity index (χ3v) is 7.31. The van der Waals surface area contributed by atoms with Crippen molar-refractivity contribution in [1.82, 2.24) is 5.43 Å². The van der Waals surface area contributed by atoms with Gasteiger partial charge in [-0.2, -0.15) is 5.10 Å². The van der Waals surface area contributed by atoms with Gasteiger partial charge in [0.1, 0.15) is 6.54 Å². The number of halogens is 1. The van der Waals surface area contributed by atoms with Crippen LogP contribution in [0.4, 0.5) is 5.69 Å². The summed E-state index contributed by atoms with van der Waals surface area (Å²) < 4.78 is 28.9. The first-order chi connectivity index (χ1) is 15.2. The van der Waals surface area contributed by atoms with Crippen molar-refractivity contribution < 1.29 is 13.2 Å². The Balaban J connectivity index is 1.90. The van der Waals surface area contributed by atoms with Gasteiger partial charge in [0.15, 0.2) is 0 Å². The molecule has 0 aliphatic rings. The molecular weight excluding hydrogens is 490 g/mol. The van der Waals surface area contributed by atoms with Crippen molar-refractivity contribution in [2.75, 3.05) is 10.8 Å². The molecule has 1 amide bonds. The van der Waals surface area contributed by atoms with Crippen molar-refractivity contribution in [2.45, 2.75) is 25.7 Å². The number of hydrogen-bond donors (Lipinski definition) is 1. The van der Waals surface area contributed by atoms with Crippen LogP contribution in [-0.4, -0.2) is 27.1 Å². The van der Waals surface area contributed by atoms with E-state index in [1.165, 1.54) is 6.21 Å². The molecule has 3 aromatic rings. The molecule has 6 nitrogen and oxygen atoms in total. The number of hydrogen-bond acceptors (Lipinski definition) is 4. The highest BCUT2D eigenvalue weighted by Crippen LogP contribution is 2.27. The summed E-state index contributed by atoms with van der Waals surface area (Å²) >= 11 is 3.41. The highest BCUT2D eigenvalue weighted by molar-refractivity contribution is 9.10. The minimum absolute atomic E-state index is 0.118. The molecule has 0 aliphatic heterocycles. The first-order valence-corrected chi connectivity index (χ1v) is 12.1. The van der Waals surface area contributed by atoms with E-state index < -0.39 is 22.5 Å². The molecule has 0 spiro atoms. The van der Waals surface area contributed by atoms with E-state index in [1.807, 2.05) is 57.2 Å². The number of amides is 1. The standard InChI is InChI=1S/C24H24BrN3O3S/c1-17-8-11-21(12-9-17)32(30,31)28(23-13-10-18(2)14-19(23)3)16-24(29)27-26-15-20-6-4-5-7-22(20)25/h4-15H,16H2,1-3H3,(H,27,29)/b26-15-. The third kappa shape index (κ3) is 5.63. The SMILES string of the molecule is Cc1ccc(S(=O)(=O)N(CC(=O)N/N=C\c2ccccc2Br)c2ccc(C)cc2C)cc1. The molecule has 0 fully saturated rings. The molecule has 0 heterocycles. The molecule has 0 unspecified atom stereocenters. The zero-order chi connectivity index (χ0) is 23.3. The zero-order valence-corrected chi connectivity index (χ0v) is 20.4. The maximum Gasteiger partial charge on any atom is 0.264 e. The second kappa shape index (κ2) is 10.1. The fraction of sp³-hybridized carbons (Fsp3) is 0.167. The van der Waals surface area contributed by atoms with Crippen molar-refractivity contribution >= 4 is 43.8 Å². The van der Waals surface area contributed by atoms with E-state index >= 15 is 0 Å². The first-order valence-electron chi connectivity index (χ1n) is 9.91. The van der Waals surface area contributed by atoms with Gasteiger partial charge in [0.25, 0.3) is 15.9 Å². The molecular formula is C24H24BrN3O3S. The van der Waals surface area contributed by atoms with Gasteiger partial charge < -0.3 is 0 Å². The van der Waals surface area contributed by atoms with E-state index in [0.717, 1.165) is 31.0 Å².